The van der Waals surface area contributed by atoms with Gasteiger partial charge in [-0.15, -0.1) is 24.0 Å². The van der Waals surface area contributed by atoms with Crippen LogP contribution in [0.1, 0.15) is 26.3 Å². The number of halogens is 3. The third kappa shape index (κ3) is 8.03. The van der Waals surface area contributed by atoms with Crippen LogP contribution in [0.4, 0.5) is 8.78 Å². The van der Waals surface area contributed by atoms with Crippen LogP contribution in [-0.4, -0.2) is 69.5 Å². The van der Waals surface area contributed by atoms with E-state index >= 15 is 0 Å². The lowest BCUT2D eigenvalue weighted by Crippen LogP contribution is -2.52. The van der Waals surface area contributed by atoms with Crippen LogP contribution in [0.15, 0.2) is 23.2 Å². The highest BCUT2D eigenvalue weighted by molar-refractivity contribution is 14.0. The highest BCUT2D eigenvalue weighted by atomic mass is 127. The van der Waals surface area contributed by atoms with Gasteiger partial charge in [0.25, 0.3) is 0 Å². The number of alkyl halides is 2. The van der Waals surface area contributed by atoms with Crippen molar-refractivity contribution in [2.75, 3.05) is 40.0 Å². The lowest BCUT2D eigenvalue weighted by molar-refractivity contribution is -0.0520. The van der Waals surface area contributed by atoms with Crippen molar-refractivity contribution in [2.24, 2.45) is 4.99 Å². The van der Waals surface area contributed by atoms with Crippen LogP contribution in [-0.2, 0) is 11.3 Å². The van der Waals surface area contributed by atoms with Gasteiger partial charge in [-0.05, 0) is 26.8 Å². The Hall–Kier alpha value is -1.40. The van der Waals surface area contributed by atoms with Crippen LogP contribution in [0, 0.1) is 0 Å². The Morgan fingerprint density at radius 3 is 2.77 bits per heavy atom. The first-order valence-corrected chi connectivity index (χ1v) is 9.93. The topological polar surface area (TPSA) is 67.4 Å². The summed E-state index contributed by atoms with van der Waals surface area (Å²) in [5, 5.41) is 6.45. The molecule has 0 spiro atoms. The van der Waals surface area contributed by atoms with Gasteiger partial charge >= 0.3 is 6.61 Å². The molecule has 10 heteroatoms. The lowest BCUT2D eigenvalue weighted by atomic mass is 10.2. The molecule has 0 aromatic heterocycles. The summed E-state index contributed by atoms with van der Waals surface area (Å²) in [7, 11) is 1.67. The maximum Gasteiger partial charge on any atom is 0.387 e. The van der Waals surface area contributed by atoms with Gasteiger partial charge in [-0.2, -0.15) is 8.78 Å². The third-order valence-corrected chi connectivity index (χ3v) is 4.79. The Morgan fingerprint density at radius 2 is 2.13 bits per heavy atom. The first-order chi connectivity index (χ1) is 14.0. The molecule has 2 atom stereocenters. The molecule has 7 nitrogen and oxygen atoms in total. The smallest absolute Gasteiger partial charge is 0.387 e. The molecule has 2 rings (SSSR count). The fourth-order valence-corrected chi connectivity index (χ4v) is 3.35. The summed E-state index contributed by atoms with van der Waals surface area (Å²) in [6, 6.07) is 5.75. The number of aliphatic imine (C=N–C) groups is 1. The van der Waals surface area contributed by atoms with E-state index in [1.54, 1.807) is 32.2 Å². The van der Waals surface area contributed by atoms with E-state index in [-0.39, 0.29) is 36.3 Å². The second kappa shape index (κ2) is 13.8. The van der Waals surface area contributed by atoms with Gasteiger partial charge in [0.15, 0.2) is 17.5 Å². The van der Waals surface area contributed by atoms with Gasteiger partial charge in [-0.25, -0.2) is 0 Å². The van der Waals surface area contributed by atoms with Gasteiger partial charge in [0, 0.05) is 44.3 Å². The van der Waals surface area contributed by atoms with Gasteiger partial charge in [-0.3, -0.25) is 9.89 Å². The summed E-state index contributed by atoms with van der Waals surface area (Å²) >= 11 is 0. The maximum absolute atomic E-state index is 12.9. The molecular formula is C20H33F2IN4O3. The van der Waals surface area contributed by atoms with E-state index in [1.165, 1.54) is 0 Å². The van der Waals surface area contributed by atoms with Crippen molar-refractivity contribution in [2.45, 2.75) is 46.0 Å². The van der Waals surface area contributed by atoms with Crippen molar-refractivity contribution in [1.82, 2.24) is 15.5 Å². The SMILES string of the molecule is CCOc1cccc(CNC(=NC)NCC(C)N2CCOCC2C)c1OC(F)F.I. The van der Waals surface area contributed by atoms with Gasteiger partial charge in [0.2, 0.25) is 0 Å². The van der Waals surface area contributed by atoms with E-state index in [9.17, 15) is 8.78 Å². The normalized spacial score (nSPS) is 18.5. The molecule has 30 heavy (non-hydrogen) atoms. The highest BCUT2D eigenvalue weighted by Gasteiger charge is 2.23. The third-order valence-electron chi connectivity index (χ3n) is 4.79. The molecule has 1 fully saturated rings. The molecule has 1 aliphatic rings. The molecule has 0 saturated carbocycles. The molecule has 1 aromatic rings. The van der Waals surface area contributed by atoms with E-state index in [0.717, 1.165) is 19.8 Å². The zero-order chi connectivity index (χ0) is 21.2. The Balaban J connectivity index is 0.00000450. The van der Waals surface area contributed by atoms with Crippen LogP contribution in [0.25, 0.3) is 0 Å². The number of hydrogen-bond donors (Lipinski definition) is 2. The summed E-state index contributed by atoms with van der Waals surface area (Å²) in [5.41, 5.74) is 0.564. The van der Waals surface area contributed by atoms with Crippen molar-refractivity contribution in [3.63, 3.8) is 0 Å². The van der Waals surface area contributed by atoms with Gasteiger partial charge in [0.1, 0.15) is 0 Å². The van der Waals surface area contributed by atoms with Crippen LogP contribution >= 0.6 is 24.0 Å². The summed E-state index contributed by atoms with van der Waals surface area (Å²) in [4.78, 5) is 6.61. The van der Waals surface area contributed by atoms with Crippen LogP contribution in [0.3, 0.4) is 0 Å². The summed E-state index contributed by atoms with van der Waals surface area (Å²) in [5.74, 6) is 0.926. The van der Waals surface area contributed by atoms with Crippen molar-refractivity contribution in [3.05, 3.63) is 23.8 Å². The second-order valence-electron chi connectivity index (χ2n) is 6.87. The van der Waals surface area contributed by atoms with Crippen LogP contribution < -0.4 is 20.1 Å². The first-order valence-electron chi connectivity index (χ1n) is 9.93. The molecule has 0 amide bonds. The minimum absolute atomic E-state index is 0. The molecule has 0 radical (unpaired) electrons. The molecular weight excluding hydrogens is 509 g/mol. The number of para-hydroxylation sites is 1. The molecule has 2 unspecified atom stereocenters. The van der Waals surface area contributed by atoms with E-state index in [2.05, 4.69) is 34.4 Å². The van der Waals surface area contributed by atoms with E-state index in [4.69, 9.17) is 14.2 Å². The number of nitrogens with zero attached hydrogens (tertiary/aromatic N) is 2. The Morgan fingerprint density at radius 1 is 1.37 bits per heavy atom. The number of rotatable bonds is 9. The predicted molar refractivity (Wildman–Crippen MR) is 124 cm³/mol. The number of nitrogens with one attached hydrogen (secondary N) is 2. The fraction of sp³-hybridized carbons (Fsp3) is 0.650. The molecule has 1 aromatic carbocycles. The van der Waals surface area contributed by atoms with Crippen molar-refractivity contribution >= 4 is 29.9 Å². The molecule has 172 valence electrons. The Labute approximate surface area is 194 Å². The van der Waals surface area contributed by atoms with Crippen molar-refractivity contribution < 1.29 is 23.0 Å². The standard InChI is InChI=1S/C20H32F2N4O3.HI/c1-5-28-17-8-6-7-16(18(17)29-19(21)22)12-25-20(23-4)24-11-14(2)26-9-10-27-13-15(26)3;/h6-8,14-15,19H,5,9-13H2,1-4H3,(H2,23,24,25);1H. The van der Waals surface area contributed by atoms with Gasteiger partial charge < -0.3 is 24.8 Å². The molecule has 2 N–H and O–H groups in total. The van der Waals surface area contributed by atoms with E-state index in [0.29, 0.717) is 42.5 Å². The molecule has 1 heterocycles. The molecule has 0 aliphatic carbocycles. The maximum atomic E-state index is 12.9. The minimum atomic E-state index is -2.93. The Bertz CT molecular complexity index is 667. The highest BCUT2D eigenvalue weighted by Crippen LogP contribution is 2.32. The summed E-state index contributed by atoms with van der Waals surface area (Å²) in [6.45, 7) is 6.87. The number of morpholine rings is 1. The molecule has 1 aliphatic heterocycles. The zero-order valence-electron chi connectivity index (χ0n) is 18.0. The van der Waals surface area contributed by atoms with E-state index < -0.39 is 6.61 Å². The number of benzene rings is 1. The predicted octanol–water partition coefficient (Wildman–Crippen LogP) is 3.08. The van der Waals surface area contributed by atoms with Gasteiger partial charge in [-0.1, -0.05) is 12.1 Å². The average Bonchev–Trinajstić information content (AvgIpc) is 2.70. The fourth-order valence-electron chi connectivity index (χ4n) is 3.35. The number of guanidine groups is 1. The monoisotopic (exact) mass is 542 g/mol. The first kappa shape index (κ1) is 26.6. The van der Waals surface area contributed by atoms with E-state index in [1.807, 2.05) is 0 Å². The summed E-state index contributed by atoms with van der Waals surface area (Å²) in [6.07, 6.45) is 0. The van der Waals surface area contributed by atoms with Crippen LogP contribution in [0.2, 0.25) is 0 Å². The zero-order valence-corrected chi connectivity index (χ0v) is 20.3. The number of ether oxygens (including phenoxy) is 3. The molecule has 1 saturated heterocycles. The largest absolute Gasteiger partial charge is 0.490 e. The Kier molecular flexibility index (Phi) is 12.3. The van der Waals surface area contributed by atoms with Crippen LogP contribution in [0.5, 0.6) is 11.5 Å². The number of hydrogen-bond acceptors (Lipinski definition) is 5. The quantitative estimate of drug-likeness (QED) is 0.284. The second-order valence-corrected chi connectivity index (χ2v) is 6.87. The average molecular weight is 542 g/mol. The van der Waals surface area contributed by atoms with Crippen molar-refractivity contribution in [1.29, 1.82) is 0 Å². The van der Waals surface area contributed by atoms with Crippen molar-refractivity contribution in [3.8, 4) is 11.5 Å². The minimum Gasteiger partial charge on any atom is -0.490 e. The molecule has 0 bridgehead atoms. The van der Waals surface area contributed by atoms with Gasteiger partial charge in [0.05, 0.1) is 19.8 Å². The summed E-state index contributed by atoms with van der Waals surface area (Å²) < 4.78 is 41.3. The lowest BCUT2D eigenvalue weighted by Gasteiger charge is -2.38.